The molecule has 5 rings (SSSR count). The number of quaternary nitrogens is 1. The number of amides is 1. The minimum atomic E-state index is 0.527. The number of hydrogen-bond donors (Lipinski definition) is 1. The van der Waals surface area contributed by atoms with Crippen LogP contribution in [0.1, 0.15) is 51.4 Å². The molecular formula is C17H27N2O+. The first kappa shape index (κ1) is 12.0. The molecule has 0 bridgehead atoms. The molecule has 5 aliphatic rings. The van der Waals surface area contributed by atoms with Crippen molar-refractivity contribution in [2.75, 3.05) is 13.1 Å². The van der Waals surface area contributed by atoms with Gasteiger partial charge in [-0.1, -0.05) is 12.8 Å². The minimum Gasteiger partial charge on any atom is -0.331 e. The zero-order valence-electron chi connectivity index (χ0n) is 12.4. The molecule has 110 valence electrons. The Bertz CT molecular complexity index is 437. The maximum Gasteiger partial charge on any atom is 0.223 e. The van der Waals surface area contributed by atoms with Gasteiger partial charge in [-0.05, 0) is 37.5 Å². The maximum atomic E-state index is 12.8. The molecular weight excluding hydrogens is 248 g/mol. The highest BCUT2D eigenvalue weighted by atomic mass is 16.2. The van der Waals surface area contributed by atoms with Crippen LogP contribution in [0, 0.1) is 17.8 Å². The molecule has 7 atom stereocenters. The summed E-state index contributed by atoms with van der Waals surface area (Å²) in [5.41, 5.74) is 0. The van der Waals surface area contributed by atoms with E-state index in [1.54, 1.807) is 0 Å². The van der Waals surface area contributed by atoms with Gasteiger partial charge in [0, 0.05) is 24.8 Å². The minimum absolute atomic E-state index is 0.527. The summed E-state index contributed by atoms with van der Waals surface area (Å²) in [6.07, 6.45) is 10.4. The van der Waals surface area contributed by atoms with Crippen molar-refractivity contribution in [2.45, 2.75) is 69.5 Å². The predicted molar refractivity (Wildman–Crippen MR) is 76.3 cm³/mol. The fraction of sp³-hybridized carbons (Fsp3) is 0.941. The van der Waals surface area contributed by atoms with Crippen molar-refractivity contribution in [1.29, 1.82) is 0 Å². The summed E-state index contributed by atoms with van der Waals surface area (Å²) in [5, 5.41) is 0. The maximum absolute atomic E-state index is 12.8. The van der Waals surface area contributed by atoms with Gasteiger partial charge in [-0.2, -0.15) is 0 Å². The standard InChI is InChI=1S/C17H26N2O/c20-15-10-11-4-3-8-18-9-7-13-12-5-1-2-6-14(12)19(15)17(13)16(11)18/h11-14,16-17H,1-10H2/p+1. The van der Waals surface area contributed by atoms with Crippen LogP contribution in [-0.2, 0) is 4.79 Å². The van der Waals surface area contributed by atoms with E-state index in [0.717, 1.165) is 30.2 Å². The third kappa shape index (κ3) is 1.43. The molecule has 5 fully saturated rings. The Labute approximate surface area is 121 Å². The Hall–Kier alpha value is -0.570. The Morgan fingerprint density at radius 2 is 1.85 bits per heavy atom. The van der Waals surface area contributed by atoms with E-state index in [-0.39, 0.29) is 0 Å². The van der Waals surface area contributed by atoms with E-state index in [9.17, 15) is 4.79 Å². The molecule has 3 heteroatoms. The van der Waals surface area contributed by atoms with E-state index in [0.29, 0.717) is 18.0 Å². The fourth-order valence-corrected chi connectivity index (χ4v) is 6.83. The van der Waals surface area contributed by atoms with E-state index in [2.05, 4.69) is 4.90 Å². The molecule has 3 nitrogen and oxygen atoms in total. The molecule has 1 aliphatic carbocycles. The van der Waals surface area contributed by atoms with Gasteiger partial charge in [0.1, 0.15) is 6.04 Å². The molecule has 4 saturated heterocycles. The zero-order valence-corrected chi connectivity index (χ0v) is 12.4. The van der Waals surface area contributed by atoms with E-state index in [1.165, 1.54) is 58.0 Å². The fourth-order valence-electron chi connectivity index (χ4n) is 6.83. The lowest BCUT2D eigenvalue weighted by atomic mass is 9.69. The molecule has 4 heterocycles. The number of nitrogens with zero attached hydrogens (tertiary/aromatic N) is 1. The number of piperidine rings is 3. The van der Waals surface area contributed by atoms with Crippen molar-refractivity contribution < 1.29 is 9.69 Å². The van der Waals surface area contributed by atoms with Crippen LogP contribution >= 0.6 is 0 Å². The van der Waals surface area contributed by atoms with Crippen molar-refractivity contribution in [3.05, 3.63) is 0 Å². The average molecular weight is 275 g/mol. The predicted octanol–water partition coefficient (Wildman–Crippen LogP) is 0.843. The monoisotopic (exact) mass is 275 g/mol. The van der Waals surface area contributed by atoms with Crippen molar-refractivity contribution in [3.63, 3.8) is 0 Å². The normalized spacial score (nSPS) is 53.5. The quantitative estimate of drug-likeness (QED) is 0.696. The van der Waals surface area contributed by atoms with Crippen LogP contribution in [0.15, 0.2) is 0 Å². The second-order valence-corrected chi connectivity index (χ2v) is 8.05. The summed E-state index contributed by atoms with van der Waals surface area (Å²) in [4.78, 5) is 17.1. The molecule has 0 radical (unpaired) electrons. The van der Waals surface area contributed by atoms with Crippen molar-refractivity contribution in [3.8, 4) is 0 Å². The SMILES string of the molecule is O=C1CC2CCC[NH+]3CCC4C5CCCCC5N1C4C23. The molecule has 1 saturated carbocycles. The van der Waals surface area contributed by atoms with Gasteiger partial charge in [0.25, 0.3) is 0 Å². The smallest absolute Gasteiger partial charge is 0.223 e. The zero-order chi connectivity index (χ0) is 13.3. The van der Waals surface area contributed by atoms with Gasteiger partial charge in [-0.25, -0.2) is 0 Å². The summed E-state index contributed by atoms with van der Waals surface area (Å²) in [7, 11) is 0. The molecule has 4 aliphatic heterocycles. The van der Waals surface area contributed by atoms with Gasteiger partial charge in [0.2, 0.25) is 5.91 Å². The lowest BCUT2D eigenvalue weighted by Crippen LogP contribution is -3.20. The summed E-state index contributed by atoms with van der Waals surface area (Å²) in [6, 6.07) is 2.08. The highest BCUT2D eigenvalue weighted by molar-refractivity contribution is 5.79. The van der Waals surface area contributed by atoms with Gasteiger partial charge in [0.15, 0.2) is 0 Å². The summed E-state index contributed by atoms with van der Waals surface area (Å²) in [5.74, 6) is 2.97. The van der Waals surface area contributed by atoms with Gasteiger partial charge in [-0.3, -0.25) is 4.79 Å². The number of nitrogens with one attached hydrogen (secondary N) is 1. The van der Waals surface area contributed by atoms with E-state index in [4.69, 9.17) is 0 Å². The molecule has 7 unspecified atom stereocenters. The topological polar surface area (TPSA) is 24.8 Å². The Kier molecular flexibility index (Phi) is 2.54. The number of rotatable bonds is 0. The molecule has 20 heavy (non-hydrogen) atoms. The number of fused-ring (bicyclic) bond motifs is 3. The Balaban J connectivity index is 1.57. The van der Waals surface area contributed by atoms with Crippen LogP contribution in [0.3, 0.4) is 0 Å². The lowest BCUT2D eigenvalue weighted by Gasteiger charge is -2.52. The number of hydrogen-bond acceptors (Lipinski definition) is 1. The average Bonchev–Trinajstić information content (AvgIpc) is 2.82. The van der Waals surface area contributed by atoms with Gasteiger partial charge in [-0.15, -0.1) is 0 Å². The highest BCUT2D eigenvalue weighted by Gasteiger charge is 2.62. The molecule has 0 aromatic heterocycles. The second-order valence-electron chi connectivity index (χ2n) is 8.05. The van der Waals surface area contributed by atoms with Gasteiger partial charge < -0.3 is 9.80 Å². The van der Waals surface area contributed by atoms with Gasteiger partial charge in [0.05, 0.1) is 19.1 Å². The third-order valence-electron chi connectivity index (χ3n) is 7.39. The first-order valence-corrected chi connectivity index (χ1v) is 9.00. The molecule has 0 aromatic rings. The number of carbonyl (C=O) groups is 1. The van der Waals surface area contributed by atoms with Crippen LogP contribution in [0.5, 0.6) is 0 Å². The lowest BCUT2D eigenvalue weighted by molar-refractivity contribution is -0.944. The molecule has 0 aromatic carbocycles. The summed E-state index contributed by atoms with van der Waals surface area (Å²) < 4.78 is 0. The molecule has 1 N–H and O–H groups in total. The number of carbonyl (C=O) groups excluding carboxylic acids is 1. The second kappa shape index (κ2) is 4.22. The highest BCUT2D eigenvalue weighted by Crippen LogP contribution is 2.50. The van der Waals surface area contributed by atoms with Crippen LogP contribution in [0.25, 0.3) is 0 Å². The summed E-state index contributed by atoms with van der Waals surface area (Å²) >= 11 is 0. The van der Waals surface area contributed by atoms with Crippen LogP contribution in [0.2, 0.25) is 0 Å². The summed E-state index contributed by atoms with van der Waals surface area (Å²) in [6.45, 7) is 2.77. The van der Waals surface area contributed by atoms with Gasteiger partial charge >= 0.3 is 0 Å². The van der Waals surface area contributed by atoms with Crippen LogP contribution in [-0.4, -0.2) is 42.0 Å². The van der Waals surface area contributed by atoms with Crippen LogP contribution < -0.4 is 4.90 Å². The molecule has 1 amide bonds. The van der Waals surface area contributed by atoms with E-state index < -0.39 is 0 Å². The Morgan fingerprint density at radius 3 is 2.80 bits per heavy atom. The largest absolute Gasteiger partial charge is 0.331 e. The first-order chi connectivity index (χ1) is 9.84. The van der Waals surface area contributed by atoms with Crippen molar-refractivity contribution >= 4 is 5.91 Å². The van der Waals surface area contributed by atoms with E-state index >= 15 is 0 Å². The van der Waals surface area contributed by atoms with Crippen LogP contribution in [0.4, 0.5) is 0 Å². The van der Waals surface area contributed by atoms with Crippen molar-refractivity contribution in [2.24, 2.45) is 17.8 Å². The van der Waals surface area contributed by atoms with E-state index in [1.807, 2.05) is 4.90 Å². The molecule has 0 spiro atoms. The van der Waals surface area contributed by atoms with Crippen molar-refractivity contribution in [1.82, 2.24) is 4.90 Å². The Morgan fingerprint density at radius 1 is 0.950 bits per heavy atom. The third-order valence-corrected chi connectivity index (χ3v) is 7.39. The first-order valence-electron chi connectivity index (χ1n) is 9.00.